The number of imidazole rings is 1. The van der Waals surface area contributed by atoms with Crippen molar-refractivity contribution in [3.8, 4) is 0 Å². The Hall–Kier alpha value is -2.25. The number of nitrogens with zero attached hydrogens (tertiary/aromatic N) is 5. The lowest BCUT2D eigenvalue weighted by Gasteiger charge is -2.26. The van der Waals surface area contributed by atoms with Crippen LogP contribution in [0.1, 0.15) is 45.5 Å². The monoisotopic (exact) mass is 399 g/mol. The van der Waals surface area contributed by atoms with Gasteiger partial charge in [-0.2, -0.15) is 0 Å². The molecule has 2 N–H and O–H groups in total. The number of hydrogen-bond acceptors (Lipinski definition) is 6. The number of rotatable bonds is 4. The fourth-order valence-corrected chi connectivity index (χ4v) is 3.77. The first-order chi connectivity index (χ1) is 13.4. The maximum absolute atomic E-state index is 6.10. The van der Waals surface area contributed by atoms with Gasteiger partial charge in [-0.3, -0.25) is 9.55 Å². The lowest BCUT2D eigenvalue weighted by molar-refractivity contribution is 0.375. The number of halogens is 1. The summed E-state index contributed by atoms with van der Waals surface area (Å²) in [7, 11) is 0. The van der Waals surface area contributed by atoms with Gasteiger partial charge in [0.25, 0.3) is 0 Å². The SMILES string of the molecule is CC(C)(C)Cc1ncc2nc(Nc3cncc(Cl)c3)n(C3CCNCC3)c2n1. The molecule has 0 bridgehead atoms. The number of anilines is 2. The molecular formula is C20H26ClN7. The van der Waals surface area contributed by atoms with E-state index >= 15 is 0 Å². The second-order valence-electron chi connectivity index (χ2n) is 8.54. The predicted molar refractivity (Wildman–Crippen MR) is 112 cm³/mol. The highest BCUT2D eigenvalue weighted by atomic mass is 35.5. The molecule has 0 aromatic carbocycles. The van der Waals surface area contributed by atoms with Crippen LogP contribution in [0.3, 0.4) is 0 Å². The van der Waals surface area contributed by atoms with Crippen molar-refractivity contribution in [2.45, 2.75) is 46.1 Å². The molecule has 1 aliphatic rings. The number of pyridine rings is 1. The molecule has 1 fully saturated rings. The van der Waals surface area contributed by atoms with Crippen LogP contribution in [0.4, 0.5) is 11.6 Å². The first-order valence-corrected chi connectivity index (χ1v) is 10.1. The van der Waals surface area contributed by atoms with Crippen LogP contribution in [0.2, 0.25) is 5.02 Å². The maximum Gasteiger partial charge on any atom is 0.210 e. The van der Waals surface area contributed by atoms with E-state index in [1.54, 1.807) is 12.4 Å². The Balaban J connectivity index is 1.78. The molecule has 4 rings (SSSR count). The van der Waals surface area contributed by atoms with Crippen molar-refractivity contribution in [1.29, 1.82) is 0 Å². The van der Waals surface area contributed by atoms with Crippen molar-refractivity contribution >= 4 is 34.4 Å². The third-order valence-corrected chi connectivity index (χ3v) is 5.01. The summed E-state index contributed by atoms with van der Waals surface area (Å²) in [4.78, 5) is 18.4. The topological polar surface area (TPSA) is 80.5 Å². The van der Waals surface area contributed by atoms with Gasteiger partial charge in [0, 0.05) is 18.7 Å². The molecule has 1 saturated heterocycles. The third-order valence-electron chi connectivity index (χ3n) is 4.81. The molecule has 4 heterocycles. The minimum Gasteiger partial charge on any atom is -0.324 e. The Morgan fingerprint density at radius 1 is 1.18 bits per heavy atom. The average molecular weight is 400 g/mol. The first-order valence-electron chi connectivity index (χ1n) is 9.71. The summed E-state index contributed by atoms with van der Waals surface area (Å²) < 4.78 is 2.23. The Labute approximate surface area is 170 Å². The minimum absolute atomic E-state index is 0.126. The van der Waals surface area contributed by atoms with Crippen LogP contribution >= 0.6 is 11.6 Å². The van der Waals surface area contributed by atoms with Gasteiger partial charge in [0.15, 0.2) is 5.65 Å². The number of nitrogens with one attached hydrogen (secondary N) is 2. The Morgan fingerprint density at radius 2 is 1.96 bits per heavy atom. The van der Waals surface area contributed by atoms with Crippen molar-refractivity contribution in [2.75, 3.05) is 18.4 Å². The van der Waals surface area contributed by atoms with Crippen LogP contribution in [0, 0.1) is 5.41 Å². The van der Waals surface area contributed by atoms with E-state index < -0.39 is 0 Å². The summed E-state index contributed by atoms with van der Waals surface area (Å²) >= 11 is 6.10. The van der Waals surface area contributed by atoms with Crippen molar-refractivity contribution in [3.05, 3.63) is 35.5 Å². The molecule has 0 amide bonds. The normalized spacial score (nSPS) is 15.9. The smallest absolute Gasteiger partial charge is 0.210 e. The first kappa shape index (κ1) is 19.1. The molecule has 0 radical (unpaired) electrons. The predicted octanol–water partition coefficient (Wildman–Crippen LogP) is 4.13. The third kappa shape index (κ3) is 4.25. The second-order valence-corrected chi connectivity index (χ2v) is 8.97. The van der Waals surface area contributed by atoms with E-state index in [4.69, 9.17) is 21.6 Å². The van der Waals surface area contributed by atoms with E-state index in [-0.39, 0.29) is 5.41 Å². The quantitative estimate of drug-likeness (QED) is 0.686. The van der Waals surface area contributed by atoms with Crippen molar-refractivity contribution in [2.24, 2.45) is 5.41 Å². The molecule has 8 heteroatoms. The highest BCUT2D eigenvalue weighted by Gasteiger charge is 2.24. The fraction of sp³-hybridized carbons (Fsp3) is 0.500. The summed E-state index contributed by atoms with van der Waals surface area (Å²) in [6.45, 7) is 8.57. The zero-order chi connectivity index (χ0) is 19.7. The van der Waals surface area contributed by atoms with Crippen LogP contribution < -0.4 is 10.6 Å². The van der Waals surface area contributed by atoms with E-state index in [1.165, 1.54) is 0 Å². The van der Waals surface area contributed by atoms with E-state index in [0.29, 0.717) is 11.1 Å². The molecule has 1 aliphatic heterocycles. The molecule has 3 aromatic heterocycles. The molecule has 148 valence electrons. The molecule has 0 saturated carbocycles. The molecule has 7 nitrogen and oxygen atoms in total. The summed E-state index contributed by atoms with van der Waals surface area (Å²) in [6.07, 6.45) is 8.09. The Morgan fingerprint density at radius 3 is 2.68 bits per heavy atom. The van der Waals surface area contributed by atoms with Gasteiger partial charge in [0.2, 0.25) is 5.95 Å². The maximum atomic E-state index is 6.10. The summed E-state index contributed by atoms with van der Waals surface area (Å²) in [5.74, 6) is 1.61. The Kier molecular flexibility index (Phi) is 5.21. The van der Waals surface area contributed by atoms with Gasteiger partial charge in [-0.15, -0.1) is 0 Å². The minimum atomic E-state index is 0.126. The number of fused-ring (bicyclic) bond motifs is 1. The van der Waals surface area contributed by atoms with Crippen LogP contribution in [0.15, 0.2) is 24.7 Å². The largest absolute Gasteiger partial charge is 0.324 e. The zero-order valence-electron chi connectivity index (χ0n) is 16.5. The standard InChI is InChI=1S/C20H26ClN7/c1-20(2,3)9-17-24-12-16-18(27-17)28(15-4-6-22-7-5-15)19(26-16)25-14-8-13(21)10-23-11-14/h8,10-12,15,22H,4-7,9H2,1-3H3,(H,25,26). The summed E-state index contributed by atoms with van der Waals surface area (Å²) in [5, 5.41) is 7.40. The number of aromatic nitrogens is 5. The van der Waals surface area contributed by atoms with Gasteiger partial charge in [-0.05, 0) is 37.4 Å². The van der Waals surface area contributed by atoms with E-state index in [0.717, 1.165) is 61.0 Å². The van der Waals surface area contributed by atoms with Crippen molar-refractivity contribution in [3.63, 3.8) is 0 Å². The van der Waals surface area contributed by atoms with Crippen LogP contribution in [0.25, 0.3) is 11.2 Å². The summed E-state index contributed by atoms with van der Waals surface area (Å²) in [6, 6.07) is 2.18. The van der Waals surface area contributed by atoms with Crippen molar-refractivity contribution in [1.82, 2.24) is 29.8 Å². The van der Waals surface area contributed by atoms with Gasteiger partial charge >= 0.3 is 0 Å². The van der Waals surface area contributed by atoms with Crippen LogP contribution in [-0.4, -0.2) is 37.6 Å². The van der Waals surface area contributed by atoms with Crippen LogP contribution in [0.5, 0.6) is 0 Å². The zero-order valence-corrected chi connectivity index (χ0v) is 17.3. The van der Waals surface area contributed by atoms with Gasteiger partial charge in [-0.25, -0.2) is 15.0 Å². The van der Waals surface area contributed by atoms with Gasteiger partial charge < -0.3 is 10.6 Å². The highest BCUT2D eigenvalue weighted by molar-refractivity contribution is 6.30. The van der Waals surface area contributed by atoms with Crippen LogP contribution in [-0.2, 0) is 6.42 Å². The van der Waals surface area contributed by atoms with Gasteiger partial charge in [0.1, 0.15) is 11.3 Å². The highest BCUT2D eigenvalue weighted by Crippen LogP contribution is 2.31. The molecule has 0 aliphatic carbocycles. The molecule has 3 aromatic rings. The molecule has 0 spiro atoms. The second kappa shape index (κ2) is 7.64. The molecule has 28 heavy (non-hydrogen) atoms. The van der Waals surface area contributed by atoms with Gasteiger partial charge in [-0.1, -0.05) is 32.4 Å². The molecule has 0 unspecified atom stereocenters. The molecule has 0 atom stereocenters. The number of hydrogen-bond donors (Lipinski definition) is 2. The fourth-order valence-electron chi connectivity index (χ4n) is 3.59. The Bertz CT molecular complexity index is 970. The van der Waals surface area contributed by atoms with E-state index in [1.807, 2.05) is 12.3 Å². The number of piperidine rings is 1. The average Bonchev–Trinajstić information content (AvgIpc) is 2.98. The molecular weight excluding hydrogens is 374 g/mol. The lowest BCUT2D eigenvalue weighted by Crippen LogP contribution is -2.30. The lowest BCUT2D eigenvalue weighted by atomic mass is 9.92. The van der Waals surface area contributed by atoms with E-state index in [9.17, 15) is 0 Å². The summed E-state index contributed by atoms with van der Waals surface area (Å²) in [5.41, 5.74) is 2.62. The van der Waals surface area contributed by atoms with Gasteiger partial charge in [0.05, 0.1) is 23.1 Å². The van der Waals surface area contributed by atoms with E-state index in [2.05, 4.69) is 45.9 Å². The van der Waals surface area contributed by atoms with Crippen molar-refractivity contribution < 1.29 is 0 Å².